The third-order valence-electron chi connectivity index (χ3n) is 7.14. The molecule has 0 fully saturated rings. The fourth-order valence-electron chi connectivity index (χ4n) is 4.61. The van der Waals surface area contributed by atoms with Gasteiger partial charge in [-0.05, 0) is 68.9 Å². The second-order valence-corrected chi connectivity index (χ2v) is 12.0. The van der Waals surface area contributed by atoms with Crippen LogP contribution in [0.25, 0.3) is 12.2 Å². The largest absolute Gasteiger partial charge is 0.386 e. The number of carbonyl (C=O) groups is 2. The van der Waals surface area contributed by atoms with Crippen LogP contribution in [0, 0.1) is 6.92 Å². The number of thiazole rings is 1. The number of benzene rings is 1. The molecule has 0 spiro atoms. The molecule has 0 radical (unpaired) electrons. The van der Waals surface area contributed by atoms with Gasteiger partial charge >= 0.3 is 0 Å². The van der Waals surface area contributed by atoms with Crippen molar-refractivity contribution in [1.82, 2.24) is 20.2 Å². The van der Waals surface area contributed by atoms with Gasteiger partial charge < -0.3 is 15.5 Å². The number of anilines is 2. The summed E-state index contributed by atoms with van der Waals surface area (Å²) in [5.74, 6) is -0.700. The Balaban J connectivity index is 0.000000676. The summed E-state index contributed by atoms with van der Waals surface area (Å²) in [4.78, 5) is 42.3. The predicted octanol–water partition coefficient (Wildman–Crippen LogP) is 5.67. The zero-order valence-electron chi connectivity index (χ0n) is 27.0. The molecule has 2 aromatic heterocycles. The van der Waals surface area contributed by atoms with E-state index < -0.39 is 0 Å². The number of amides is 2. The lowest BCUT2D eigenvalue weighted by Crippen LogP contribution is -2.31. The van der Waals surface area contributed by atoms with Crippen LogP contribution >= 0.6 is 11.3 Å². The first kappa shape index (κ1) is 34.6. The van der Waals surface area contributed by atoms with Crippen molar-refractivity contribution in [1.29, 1.82) is 0 Å². The number of pyridine rings is 1. The zero-order chi connectivity index (χ0) is 31.9. The van der Waals surface area contributed by atoms with E-state index in [4.69, 9.17) is 0 Å². The van der Waals surface area contributed by atoms with E-state index in [9.17, 15) is 9.59 Å². The highest BCUT2D eigenvalue weighted by Crippen LogP contribution is 2.30. The van der Waals surface area contributed by atoms with Crippen molar-refractivity contribution in [2.24, 2.45) is 4.99 Å². The number of rotatable bonds is 13. The monoisotopic (exact) mass is 617 g/mol. The Morgan fingerprint density at radius 2 is 1.77 bits per heavy atom. The van der Waals surface area contributed by atoms with Crippen LogP contribution in [0.4, 0.5) is 16.5 Å². The first-order valence-electron chi connectivity index (χ1n) is 15.5. The summed E-state index contributed by atoms with van der Waals surface area (Å²) in [6.45, 7) is 7.35. The van der Waals surface area contributed by atoms with E-state index >= 15 is 0 Å². The van der Waals surface area contributed by atoms with Gasteiger partial charge in [0.15, 0.2) is 5.13 Å². The molecule has 3 aromatic rings. The SMILES string of the molecule is CCCCCCC.CNc1cccc(C(=O)Nc2nc(C)c(CCN(C)C)s2)c1N=CNC(=O)c1cc2c(cn1)=CCCC=2. The van der Waals surface area contributed by atoms with Crippen molar-refractivity contribution in [3.8, 4) is 0 Å². The van der Waals surface area contributed by atoms with Crippen molar-refractivity contribution >= 4 is 58.1 Å². The topological polar surface area (TPSA) is 112 Å². The van der Waals surface area contributed by atoms with E-state index in [1.54, 1.807) is 31.4 Å². The van der Waals surface area contributed by atoms with Gasteiger partial charge in [-0.2, -0.15) is 0 Å². The van der Waals surface area contributed by atoms with Gasteiger partial charge in [-0.25, -0.2) is 9.98 Å². The van der Waals surface area contributed by atoms with E-state index in [1.807, 2.05) is 27.1 Å². The number of aliphatic imine (C=N–C) groups is 1. The summed E-state index contributed by atoms with van der Waals surface area (Å²) < 4.78 is 0. The molecule has 4 rings (SSSR count). The van der Waals surface area contributed by atoms with Crippen LogP contribution in [0.2, 0.25) is 0 Å². The number of aromatic nitrogens is 2. The first-order chi connectivity index (χ1) is 21.3. The lowest BCUT2D eigenvalue weighted by atomic mass is 10.1. The highest BCUT2D eigenvalue weighted by Gasteiger charge is 2.17. The summed E-state index contributed by atoms with van der Waals surface area (Å²) in [6.07, 6.45) is 17.0. The Kier molecular flexibility index (Phi) is 14.2. The third-order valence-corrected chi connectivity index (χ3v) is 8.27. The third kappa shape index (κ3) is 10.4. The van der Waals surface area contributed by atoms with Gasteiger partial charge in [-0.3, -0.25) is 19.9 Å². The quantitative estimate of drug-likeness (QED) is 0.130. The molecule has 2 amide bonds. The normalized spacial score (nSPS) is 12.1. The fraction of sp³-hybridized carbons (Fsp3) is 0.441. The molecule has 1 aliphatic carbocycles. The Bertz CT molecular complexity index is 1540. The Morgan fingerprint density at radius 1 is 1.05 bits per heavy atom. The van der Waals surface area contributed by atoms with Crippen LogP contribution in [-0.4, -0.2) is 60.7 Å². The average Bonchev–Trinajstić information content (AvgIpc) is 3.38. The lowest BCUT2D eigenvalue weighted by molar-refractivity contribution is 0.0972. The fourth-order valence-corrected chi connectivity index (χ4v) is 5.55. The number of carbonyl (C=O) groups excluding carboxylic acids is 2. The van der Waals surface area contributed by atoms with E-state index in [-0.39, 0.29) is 11.8 Å². The molecule has 1 aliphatic rings. The number of likely N-dealkylation sites (N-methyl/N-ethyl adjacent to an activating group) is 1. The van der Waals surface area contributed by atoms with Crippen molar-refractivity contribution in [3.63, 3.8) is 0 Å². The number of unbranched alkanes of at least 4 members (excludes halogenated alkanes) is 4. The van der Waals surface area contributed by atoms with Crippen LogP contribution in [0.1, 0.15) is 90.2 Å². The van der Waals surface area contributed by atoms with Gasteiger partial charge in [-0.1, -0.05) is 64.2 Å². The summed E-state index contributed by atoms with van der Waals surface area (Å²) in [6, 6.07) is 7.06. The van der Waals surface area contributed by atoms with E-state index in [1.165, 1.54) is 49.8 Å². The molecule has 3 N–H and O–H groups in total. The van der Waals surface area contributed by atoms with Gasteiger partial charge in [0, 0.05) is 24.7 Å². The van der Waals surface area contributed by atoms with Gasteiger partial charge in [-0.15, -0.1) is 11.3 Å². The highest BCUT2D eigenvalue weighted by molar-refractivity contribution is 7.15. The maximum Gasteiger partial charge on any atom is 0.274 e. The van der Waals surface area contributed by atoms with Gasteiger partial charge in [0.2, 0.25) is 0 Å². The maximum atomic E-state index is 13.2. The van der Waals surface area contributed by atoms with Gasteiger partial charge in [0.1, 0.15) is 11.4 Å². The smallest absolute Gasteiger partial charge is 0.274 e. The highest BCUT2D eigenvalue weighted by atomic mass is 32.1. The number of fused-ring (bicyclic) bond motifs is 1. The molecular formula is C34H47N7O2S. The molecule has 236 valence electrons. The average molecular weight is 618 g/mol. The molecule has 0 saturated heterocycles. The minimum absolute atomic E-state index is 0.306. The molecule has 0 aliphatic heterocycles. The first-order valence-corrected chi connectivity index (χ1v) is 16.3. The number of nitrogens with one attached hydrogen (secondary N) is 3. The lowest BCUT2D eigenvalue weighted by Gasteiger charge is -2.10. The molecule has 10 heteroatoms. The van der Waals surface area contributed by atoms with Crippen molar-refractivity contribution < 1.29 is 9.59 Å². The van der Waals surface area contributed by atoms with Crippen molar-refractivity contribution in [3.05, 3.63) is 62.7 Å². The van der Waals surface area contributed by atoms with Crippen LogP contribution < -0.4 is 26.4 Å². The maximum absolute atomic E-state index is 13.2. The predicted molar refractivity (Wildman–Crippen MR) is 185 cm³/mol. The number of para-hydroxylation sites is 1. The molecule has 9 nitrogen and oxygen atoms in total. The number of nitrogens with zero attached hydrogens (tertiary/aromatic N) is 4. The van der Waals surface area contributed by atoms with Crippen molar-refractivity contribution in [2.45, 2.75) is 72.1 Å². The standard InChI is InChI=1S/C27H31N7O2S.C7H16/c1-17-23(12-13-34(3)4)37-27(32-17)33-25(35)20-10-7-11-21(28-2)24(20)30-16-31-26(36)22-14-18-8-5-6-9-19(18)15-29-22;1-3-5-7-6-4-2/h7-11,14-16,28H,5-6,12-13H2,1-4H3,(H,30,31,36)(H,32,33,35);3-7H2,1-2H3. The summed E-state index contributed by atoms with van der Waals surface area (Å²) in [5.41, 5.74) is 2.64. The second kappa shape index (κ2) is 18.0. The Labute approximate surface area is 265 Å². The molecule has 0 unspecified atom stereocenters. The summed E-state index contributed by atoms with van der Waals surface area (Å²) in [5, 5.41) is 11.2. The molecular weight excluding hydrogens is 570 g/mol. The van der Waals surface area contributed by atoms with Crippen LogP contribution in [0.15, 0.2) is 35.5 Å². The number of hydrogen-bond donors (Lipinski definition) is 3. The molecule has 0 saturated carbocycles. The number of aryl methyl sites for hydroxylation is 1. The minimum atomic E-state index is -0.373. The number of hydrogen-bond acceptors (Lipinski definition) is 8. The summed E-state index contributed by atoms with van der Waals surface area (Å²) in [7, 11) is 5.80. The van der Waals surface area contributed by atoms with Crippen molar-refractivity contribution in [2.75, 3.05) is 38.3 Å². The van der Waals surface area contributed by atoms with E-state index in [0.717, 1.165) is 46.8 Å². The molecule has 1 aromatic carbocycles. The van der Waals surface area contributed by atoms with E-state index in [2.05, 4.69) is 61.8 Å². The molecule has 44 heavy (non-hydrogen) atoms. The molecule has 2 heterocycles. The van der Waals surface area contributed by atoms with E-state index in [0.29, 0.717) is 27.8 Å². The summed E-state index contributed by atoms with van der Waals surface area (Å²) >= 11 is 1.48. The Hall–Kier alpha value is -3.89. The van der Waals surface area contributed by atoms with Gasteiger partial charge in [0.05, 0.1) is 23.3 Å². The zero-order valence-corrected chi connectivity index (χ0v) is 27.8. The molecule has 0 bridgehead atoms. The van der Waals surface area contributed by atoms with Crippen LogP contribution in [0.5, 0.6) is 0 Å². The van der Waals surface area contributed by atoms with Gasteiger partial charge in [0.25, 0.3) is 11.8 Å². The minimum Gasteiger partial charge on any atom is -0.386 e. The Morgan fingerprint density at radius 3 is 2.45 bits per heavy atom. The molecule has 0 atom stereocenters. The second-order valence-electron chi connectivity index (χ2n) is 11.0. The van der Waals surface area contributed by atoms with Crippen LogP contribution in [-0.2, 0) is 6.42 Å². The van der Waals surface area contributed by atoms with Crippen LogP contribution in [0.3, 0.4) is 0 Å².